The molecule has 1 aliphatic rings. The lowest BCUT2D eigenvalue weighted by Crippen LogP contribution is -2.39. The van der Waals surface area contributed by atoms with Crippen molar-refractivity contribution in [3.63, 3.8) is 0 Å². The van der Waals surface area contributed by atoms with Crippen molar-refractivity contribution in [1.29, 1.82) is 0 Å². The lowest BCUT2D eigenvalue weighted by Gasteiger charge is -2.17. The minimum atomic E-state index is -0.837. The molecule has 1 aliphatic heterocycles. The standard InChI is InChI=1S/C15H21N3O3/c1-3-11-5-4-6-16-13(11)7-17-15(21)18-8-10(2)12(9-18)14(19)20/h4-6,10,12H,3,7-9H2,1-2H3,(H,17,21)(H,19,20). The average molecular weight is 291 g/mol. The Kier molecular flexibility index (Phi) is 4.77. The molecule has 0 spiro atoms. The molecule has 2 amide bonds. The molecule has 2 rings (SSSR count). The van der Waals surface area contributed by atoms with E-state index >= 15 is 0 Å². The Bertz CT molecular complexity index is 533. The number of aliphatic carboxylic acids is 1. The van der Waals surface area contributed by atoms with E-state index in [9.17, 15) is 9.59 Å². The second-order valence-corrected chi connectivity index (χ2v) is 5.45. The number of pyridine rings is 1. The van der Waals surface area contributed by atoms with E-state index in [2.05, 4.69) is 10.3 Å². The summed E-state index contributed by atoms with van der Waals surface area (Å²) in [5.74, 6) is -1.33. The third kappa shape index (κ3) is 3.51. The highest BCUT2D eigenvalue weighted by atomic mass is 16.4. The second-order valence-electron chi connectivity index (χ2n) is 5.45. The van der Waals surface area contributed by atoms with Crippen LogP contribution in [0.5, 0.6) is 0 Å². The number of rotatable bonds is 4. The fourth-order valence-corrected chi connectivity index (χ4v) is 2.68. The molecule has 0 aliphatic carbocycles. The number of urea groups is 1. The summed E-state index contributed by atoms with van der Waals surface area (Å²) in [4.78, 5) is 29.0. The van der Waals surface area contributed by atoms with Gasteiger partial charge in [-0.2, -0.15) is 0 Å². The Balaban J connectivity index is 1.92. The Morgan fingerprint density at radius 3 is 2.86 bits per heavy atom. The molecular weight excluding hydrogens is 270 g/mol. The number of carboxylic acid groups (broad SMARTS) is 1. The molecule has 2 heterocycles. The summed E-state index contributed by atoms with van der Waals surface area (Å²) in [5, 5.41) is 11.9. The van der Waals surface area contributed by atoms with Crippen molar-refractivity contribution in [2.45, 2.75) is 26.8 Å². The van der Waals surface area contributed by atoms with E-state index in [0.29, 0.717) is 13.1 Å². The molecule has 6 heteroatoms. The van der Waals surface area contributed by atoms with Gasteiger partial charge >= 0.3 is 12.0 Å². The third-order valence-electron chi connectivity index (χ3n) is 3.99. The second kappa shape index (κ2) is 6.56. The Labute approximate surface area is 124 Å². The number of nitrogens with one attached hydrogen (secondary N) is 1. The third-order valence-corrected chi connectivity index (χ3v) is 3.99. The van der Waals surface area contributed by atoms with E-state index in [1.54, 1.807) is 11.1 Å². The lowest BCUT2D eigenvalue weighted by molar-refractivity contribution is -0.142. The Hall–Kier alpha value is -2.11. The minimum Gasteiger partial charge on any atom is -0.481 e. The van der Waals surface area contributed by atoms with Gasteiger partial charge < -0.3 is 15.3 Å². The van der Waals surface area contributed by atoms with Gasteiger partial charge in [-0.15, -0.1) is 0 Å². The molecule has 1 aromatic heterocycles. The number of hydrogen-bond acceptors (Lipinski definition) is 3. The predicted octanol–water partition coefficient (Wildman–Crippen LogP) is 1.51. The molecule has 0 radical (unpaired) electrons. The van der Waals surface area contributed by atoms with Gasteiger partial charge in [0.2, 0.25) is 0 Å². The molecule has 2 unspecified atom stereocenters. The number of hydrogen-bond donors (Lipinski definition) is 2. The molecular formula is C15H21N3O3. The number of amides is 2. The maximum absolute atomic E-state index is 12.1. The quantitative estimate of drug-likeness (QED) is 0.881. The fraction of sp³-hybridized carbons (Fsp3) is 0.533. The van der Waals surface area contributed by atoms with Crippen LogP contribution in [0.1, 0.15) is 25.1 Å². The van der Waals surface area contributed by atoms with Crippen LogP contribution in [-0.4, -0.2) is 40.1 Å². The monoisotopic (exact) mass is 291 g/mol. The van der Waals surface area contributed by atoms with Gasteiger partial charge in [0.1, 0.15) is 0 Å². The number of aromatic nitrogens is 1. The van der Waals surface area contributed by atoms with Crippen LogP contribution < -0.4 is 5.32 Å². The first kappa shape index (κ1) is 15.3. The largest absolute Gasteiger partial charge is 0.481 e. The fourth-order valence-electron chi connectivity index (χ4n) is 2.68. The van der Waals surface area contributed by atoms with Gasteiger partial charge in [-0.05, 0) is 24.0 Å². The lowest BCUT2D eigenvalue weighted by atomic mass is 9.99. The SMILES string of the molecule is CCc1cccnc1CNC(=O)N1CC(C)C(C(=O)O)C1. The van der Waals surface area contributed by atoms with Crippen molar-refractivity contribution in [1.82, 2.24) is 15.2 Å². The summed E-state index contributed by atoms with van der Waals surface area (Å²) in [5.41, 5.74) is 1.96. The van der Waals surface area contributed by atoms with E-state index in [4.69, 9.17) is 5.11 Å². The topological polar surface area (TPSA) is 82.5 Å². The smallest absolute Gasteiger partial charge is 0.317 e. The molecule has 0 saturated carbocycles. The molecule has 1 aromatic rings. The zero-order valence-electron chi connectivity index (χ0n) is 12.4. The average Bonchev–Trinajstić information content (AvgIpc) is 2.87. The summed E-state index contributed by atoms with van der Waals surface area (Å²) in [6.45, 7) is 5.02. The number of carbonyl (C=O) groups excluding carboxylic acids is 1. The molecule has 0 bridgehead atoms. The predicted molar refractivity (Wildman–Crippen MR) is 77.7 cm³/mol. The van der Waals surface area contributed by atoms with Crippen LogP contribution in [0.2, 0.25) is 0 Å². The van der Waals surface area contributed by atoms with Gasteiger partial charge in [0.25, 0.3) is 0 Å². The van der Waals surface area contributed by atoms with Gasteiger partial charge in [-0.1, -0.05) is 19.9 Å². The van der Waals surface area contributed by atoms with E-state index in [1.807, 2.05) is 26.0 Å². The number of aryl methyl sites for hydroxylation is 1. The maximum Gasteiger partial charge on any atom is 0.317 e. The van der Waals surface area contributed by atoms with Gasteiger partial charge in [0.15, 0.2) is 0 Å². The zero-order valence-corrected chi connectivity index (χ0v) is 12.4. The number of carboxylic acids is 1. The van der Waals surface area contributed by atoms with Gasteiger partial charge in [0.05, 0.1) is 18.2 Å². The van der Waals surface area contributed by atoms with Gasteiger partial charge in [-0.25, -0.2) is 4.79 Å². The first-order valence-electron chi connectivity index (χ1n) is 7.21. The summed E-state index contributed by atoms with van der Waals surface area (Å²) in [7, 11) is 0. The van der Waals surface area contributed by atoms with Gasteiger partial charge in [0, 0.05) is 19.3 Å². The summed E-state index contributed by atoms with van der Waals surface area (Å²) in [6, 6.07) is 3.65. The van der Waals surface area contributed by atoms with Crippen molar-refractivity contribution in [2.75, 3.05) is 13.1 Å². The normalized spacial score (nSPS) is 21.3. The van der Waals surface area contributed by atoms with E-state index in [-0.39, 0.29) is 18.5 Å². The van der Waals surface area contributed by atoms with Crippen LogP contribution in [0.4, 0.5) is 4.79 Å². The number of carbonyl (C=O) groups is 2. The molecule has 114 valence electrons. The van der Waals surface area contributed by atoms with Crippen molar-refractivity contribution < 1.29 is 14.7 Å². The van der Waals surface area contributed by atoms with Crippen molar-refractivity contribution in [2.24, 2.45) is 11.8 Å². The molecule has 1 fully saturated rings. The highest BCUT2D eigenvalue weighted by Crippen LogP contribution is 2.23. The van der Waals surface area contributed by atoms with Crippen molar-refractivity contribution >= 4 is 12.0 Å². The zero-order chi connectivity index (χ0) is 15.4. The van der Waals surface area contributed by atoms with E-state index < -0.39 is 11.9 Å². The van der Waals surface area contributed by atoms with Crippen LogP contribution in [0, 0.1) is 11.8 Å². The minimum absolute atomic E-state index is 0.0192. The molecule has 21 heavy (non-hydrogen) atoms. The molecule has 2 N–H and O–H groups in total. The summed E-state index contributed by atoms with van der Waals surface area (Å²) >= 11 is 0. The van der Waals surface area contributed by atoms with Crippen molar-refractivity contribution in [3.8, 4) is 0 Å². The van der Waals surface area contributed by atoms with Crippen LogP contribution in [-0.2, 0) is 17.8 Å². The van der Waals surface area contributed by atoms with Crippen LogP contribution in [0.25, 0.3) is 0 Å². The highest BCUT2D eigenvalue weighted by Gasteiger charge is 2.36. The van der Waals surface area contributed by atoms with E-state index in [1.165, 1.54) is 0 Å². The van der Waals surface area contributed by atoms with Crippen LogP contribution in [0.15, 0.2) is 18.3 Å². The first-order chi connectivity index (χ1) is 10.0. The molecule has 1 saturated heterocycles. The summed E-state index contributed by atoms with van der Waals surface area (Å²) < 4.78 is 0. The molecule has 2 atom stereocenters. The number of nitrogens with zero attached hydrogens (tertiary/aromatic N) is 2. The van der Waals surface area contributed by atoms with E-state index in [0.717, 1.165) is 17.7 Å². The Morgan fingerprint density at radius 2 is 2.24 bits per heavy atom. The van der Waals surface area contributed by atoms with Crippen LogP contribution in [0.3, 0.4) is 0 Å². The number of likely N-dealkylation sites (tertiary alicyclic amines) is 1. The molecule has 6 nitrogen and oxygen atoms in total. The molecule has 0 aromatic carbocycles. The van der Waals surface area contributed by atoms with Gasteiger partial charge in [-0.3, -0.25) is 9.78 Å². The Morgan fingerprint density at radius 1 is 1.48 bits per heavy atom. The van der Waals surface area contributed by atoms with Crippen molar-refractivity contribution in [3.05, 3.63) is 29.6 Å². The highest BCUT2D eigenvalue weighted by molar-refractivity contribution is 5.77. The maximum atomic E-state index is 12.1. The summed E-state index contributed by atoms with van der Waals surface area (Å²) in [6.07, 6.45) is 2.57. The van der Waals surface area contributed by atoms with Crippen LogP contribution >= 0.6 is 0 Å². The first-order valence-corrected chi connectivity index (χ1v) is 7.21.